The Morgan fingerprint density at radius 3 is 2.94 bits per heavy atom. The van der Waals surface area contributed by atoms with Gasteiger partial charge in [0.05, 0.1) is 11.9 Å². The first-order valence-electron chi connectivity index (χ1n) is 5.63. The van der Waals surface area contributed by atoms with E-state index < -0.39 is 0 Å². The molecule has 4 nitrogen and oxygen atoms in total. The molecule has 0 aliphatic heterocycles. The average Bonchev–Trinajstić information content (AvgIpc) is 2.69. The van der Waals surface area contributed by atoms with Crippen LogP contribution in [0.25, 0.3) is 5.69 Å². The molecule has 0 unspecified atom stereocenters. The molecule has 0 saturated carbocycles. The van der Waals surface area contributed by atoms with E-state index in [-0.39, 0.29) is 0 Å². The highest BCUT2D eigenvalue weighted by Gasteiger charge is 2.19. The average molecular weight is 214 g/mol. The van der Waals surface area contributed by atoms with E-state index in [1.54, 1.807) is 6.20 Å². The van der Waals surface area contributed by atoms with Gasteiger partial charge in [-0.2, -0.15) is 5.10 Å². The third-order valence-corrected chi connectivity index (χ3v) is 3.10. The Hall–Kier alpha value is -1.84. The monoisotopic (exact) mass is 214 g/mol. The first kappa shape index (κ1) is 9.39. The van der Waals surface area contributed by atoms with Crippen molar-refractivity contribution in [2.75, 3.05) is 5.73 Å². The van der Waals surface area contributed by atoms with Crippen molar-refractivity contribution in [1.29, 1.82) is 0 Å². The lowest BCUT2D eigenvalue weighted by molar-refractivity contribution is 0.653. The van der Waals surface area contributed by atoms with Gasteiger partial charge in [0.2, 0.25) is 0 Å². The number of nitrogens with zero attached hydrogens (tertiary/aromatic N) is 3. The maximum Gasteiger partial charge on any atom is 0.149 e. The Morgan fingerprint density at radius 2 is 2.12 bits per heavy atom. The van der Waals surface area contributed by atoms with Gasteiger partial charge >= 0.3 is 0 Å². The fourth-order valence-corrected chi connectivity index (χ4v) is 2.32. The van der Waals surface area contributed by atoms with Gasteiger partial charge in [0.1, 0.15) is 5.82 Å². The molecule has 4 heteroatoms. The number of fused-ring (bicyclic) bond motifs is 1. The standard InChI is InChI=1S/C12H14N4/c13-12-10-5-1-2-6-11(10)16(15-12)9-4-3-7-14-8-9/h3-4,7-8H,1-2,5-6H2,(H2,13,15). The second-order valence-corrected chi connectivity index (χ2v) is 4.14. The molecule has 0 spiro atoms. The zero-order valence-electron chi connectivity index (χ0n) is 9.06. The van der Waals surface area contributed by atoms with Crippen molar-refractivity contribution in [1.82, 2.24) is 14.8 Å². The first-order valence-corrected chi connectivity index (χ1v) is 5.63. The lowest BCUT2D eigenvalue weighted by Crippen LogP contribution is -2.07. The van der Waals surface area contributed by atoms with E-state index >= 15 is 0 Å². The second kappa shape index (κ2) is 3.63. The van der Waals surface area contributed by atoms with Crippen molar-refractivity contribution in [3.63, 3.8) is 0 Å². The van der Waals surface area contributed by atoms with E-state index in [1.165, 1.54) is 24.1 Å². The van der Waals surface area contributed by atoms with Crippen LogP contribution in [0.3, 0.4) is 0 Å². The molecule has 0 aromatic carbocycles. The minimum absolute atomic E-state index is 0.679. The summed E-state index contributed by atoms with van der Waals surface area (Å²) < 4.78 is 1.94. The molecule has 2 aromatic rings. The second-order valence-electron chi connectivity index (χ2n) is 4.14. The van der Waals surface area contributed by atoms with Crippen LogP contribution < -0.4 is 5.73 Å². The molecule has 3 rings (SSSR count). The van der Waals surface area contributed by atoms with Crippen molar-refractivity contribution in [3.8, 4) is 5.69 Å². The lowest BCUT2D eigenvalue weighted by atomic mass is 9.97. The maximum absolute atomic E-state index is 5.95. The maximum atomic E-state index is 5.95. The van der Waals surface area contributed by atoms with E-state index in [4.69, 9.17) is 5.73 Å². The van der Waals surface area contributed by atoms with E-state index in [2.05, 4.69) is 10.1 Å². The third-order valence-electron chi connectivity index (χ3n) is 3.10. The topological polar surface area (TPSA) is 56.7 Å². The zero-order valence-corrected chi connectivity index (χ0v) is 9.06. The number of rotatable bonds is 1. The SMILES string of the molecule is Nc1nn(-c2cccnc2)c2c1CCCC2. The molecule has 2 aromatic heterocycles. The Bertz CT molecular complexity index is 501. The summed E-state index contributed by atoms with van der Waals surface area (Å²) in [4.78, 5) is 4.12. The van der Waals surface area contributed by atoms with E-state index in [9.17, 15) is 0 Å². The van der Waals surface area contributed by atoms with Crippen LogP contribution in [-0.4, -0.2) is 14.8 Å². The van der Waals surface area contributed by atoms with E-state index in [0.717, 1.165) is 18.5 Å². The summed E-state index contributed by atoms with van der Waals surface area (Å²) in [5.41, 5.74) is 9.44. The predicted molar refractivity (Wildman–Crippen MR) is 62.4 cm³/mol. The van der Waals surface area contributed by atoms with Crippen LogP contribution in [0.2, 0.25) is 0 Å². The van der Waals surface area contributed by atoms with Crippen LogP contribution in [0.5, 0.6) is 0 Å². The number of hydrogen-bond donors (Lipinski definition) is 1. The normalized spacial score (nSPS) is 14.8. The summed E-state index contributed by atoms with van der Waals surface area (Å²) in [6, 6.07) is 3.93. The summed E-state index contributed by atoms with van der Waals surface area (Å²) in [6.07, 6.45) is 8.15. The number of hydrogen-bond acceptors (Lipinski definition) is 3. The summed E-state index contributed by atoms with van der Waals surface area (Å²) in [5.74, 6) is 0.679. The van der Waals surface area contributed by atoms with Gasteiger partial charge in [0.25, 0.3) is 0 Å². The Kier molecular flexibility index (Phi) is 2.13. The van der Waals surface area contributed by atoms with Crippen molar-refractivity contribution >= 4 is 5.82 Å². The van der Waals surface area contributed by atoms with Crippen LogP contribution in [0, 0.1) is 0 Å². The molecule has 0 saturated heterocycles. The van der Waals surface area contributed by atoms with Crippen molar-refractivity contribution < 1.29 is 0 Å². The fraction of sp³-hybridized carbons (Fsp3) is 0.333. The fourth-order valence-electron chi connectivity index (χ4n) is 2.32. The molecule has 0 amide bonds. The molecular formula is C12H14N4. The highest BCUT2D eigenvalue weighted by Crippen LogP contribution is 2.27. The van der Waals surface area contributed by atoms with Gasteiger partial charge in [-0.25, -0.2) is 4.68 Å². The largest absolute Gasteiger partial charge is 0.382 e. The van der Waals surface area contributed by atoms with Gasteiger partial charge in [0.15, 0.2) is 0 Å². The molecule has 2 heterocycles. The molecule has 1 aliphatic rings. The highest BCUT2D eigenvalue weighted by atomic mass is 15.3. The number of pyridine rings is 1. The predicted octanol–water partition coefficient (Wildman–Crippen LogP) is 1.73. The molecule has 2 N–H and O–H groups in total. The highest BCUT2D eigenvalue weighted by molar-refractivity contribution is 5.47. The summed E-state index contributed by atoms with van der Waals surface area (Å²) in [6.45, 7) is 0. The summed E-state index contributed by atoms with van der Waals surface area (Å²) in [5, 5.41) is 4.42. The smallest absolute Gasteiger partial charge is 0.149 e. The minimum Gasteiger partial charge on any atom is -0.382 e. The van der Waals surface area contributed by atoms with Crippen LogP contribution in [0.15, 0.2) is 24.5 Å². The molecular weight excluding hydrogens is 200 g/mol. The van der Waals surface area contributed by atoms with E-state index in [1.807, 2.05) is 23.0 Å². The zero-order chi connectivity index (χ0) is 11.0. The van der Waals surface area contributed by atoms with Gasteiger partial charge < -0.3 is 5.73 Å². The molecule has 16 heavy (non-hydrogen) atoms. The summed E-state index contributed by atoms with van der Waals surface area (Å²) >= 11 is 0. The minimum atomic E-state index is 0.679. The molecule has 0 fully saturated rings. The Morgan fingerprint density at radius 1 is 1.25 bits per heavy atom. The molecule has 0 atom stereocenters. The van der Waals surface area contributed by atoms with Crippen molar-refractivity contribution in [2.45, 2.75) is 25.7 Å². The summed E-state index contributed by atoms with van der Waals surface area (Å²) in [7, 11) is 0. The molecule has 1 aliphatic carbocycles. The van der Waals surface area contributed by atoms with Crippen molar-refractivity contribution in [2.24, 2.45) is 0 Å². The Labute approximate surface area is 94.1 Å². The van der Waals surface area contributed by atoms with Gasteiger partial charge in [-0.1, -0.05) is 0 Å². The van der Waals surface area contributed by atoms with Gasteiger partial charge in [0, 0.05) is 17.5 Å². The van der Waals surface area contributed by atoms with Gasteiger partial charge in [-0.15, -0.1) is 0 Å². The molecule has 0 radical (unpaired) electrons. The van der Waals surface area contributed by atoms with Gasteiger partial charge in [-0.3, -0.25) is 4.98 Å². The van der Waals surface area contributed by atoms with Gasteiger partial charge in [-0.05, 0) is 37.8 Å². The van der Waals surface area contributed by atoms with Crippen LogP contribution in [0.4, 0.5) is 5.82 Å². The third kappa shape index (κ3) is 1.38. The molecule has 82 valence electrons. The van der Waals surface area contributed by atoms with Crippen LogP contribution in [0.1, 0.15) is 24.1 Å². The Balaban J connectivity index is 2.15. The number of anilines is 1. The van der Waals surface area contributed by atoms with Crippen LogP contribution >= 0.6 is 0 Å². The number of nitrogens with two attached hydrogens (primary N) is 1. The molecule has 0 bridgehead atoms. The quantitative estimate of drug-likeness (QED) is 0.786. The lowest BCUT2D eigenvalue weighted by Gasteiger charge is -2.13. The number of aromatic nitrogens is 3. The van der Waals surface area contributed by atoms with Crippen LogP contribution in [-0.2, 0) is 12.8 Å². The first-order chi connectivity index (χ1) is 7.86. The number of nitrogen functional groups attached to an aromatic ring is 1. The van der Waals surface area contributed by atoms with E-state index in [0.29, 0.717) is 5.82 Å². The van der Waals surface area contributed by atoms with Crippen molar-refractivity contribution in [3.05, 3.63) is 35.8 Å².